The van der Waals surface area contributed by atoms with Crippen molar-refractivity contribution in [2.24, 2.45) is 5.41 Å². The van der Waals surface area contributed by atoms with Gasteiger partial charge in [0.05, 0.1) is 6.10 Å². The van der Waals surface area contributed by atoms with Crippen LogP contribution in [0.2, 0.25) is 0 Å². The van der Waals surface area contributed by atoms with Crippen LogP contribution in [0.3, 0.4) is 0 Å². The predicted octanol–water partition coefficient (Wildman–Crippen LogP) is 1.83. The average Bonchev–Trinajstić information content (AvgIpc) is 2.45. The fourth-order valence-corrected chi connectivity index (χ4v) is 2.68. The first-order valence-corrected chi connectivity index (χ1v) is 7.16. The summed E-state index contributed by atoms with van der Waals surface area (Å²) in [5.74, 6) is 0.787. The SMILES string of the molecule is COC1CC(NCC(O)COc2ccccc2)C1(C)C. The smallest absolute Gasteiger partial charge is 0.119 e. The predicted molar refractivity (Wildman–Crippen MR) is 78.9 cm³/mol. The molecule has 2 rings (SSSR count). The molecule has 3 atom stereocenters. The van der Waals surface area contributed by atoms with Gasteiger partial charge in [-0.1, -0.05) is 32.0 Å². The van der Waals surface area contributed by atoms with Crippen LogP contribution >= 0.6 is 0 Å². The number of ether oxygens (including phenoxy) is 2. The molecular formula is C16H25NO3. The van der Waals surface area contributed by atoms with E-state index in [0.29, 0.717) is 25.3 Å². The van der Waals surface area contributed by atoms with Crippen molar-refractivity contribution in [3.8, 4) is 5.75 Å². The van der Waals surface area contributed by atoms with Gasteiger partial charge in [0.2, 0.25) is 0 Å². The zero-order valence-electron chi connectivity index (χ0n) is 12.5. The summed E-state index contributed by atoms with van der Waals surface area (Å²) in [6.45, 7) is 5.22. The molecule has 1 saturated carbocycles. The topological polar surface area (TPSA) is 50.7 Å². The van der Waals surface area contributed by atoms with Crippen LogP contribution in [0.4, 0.5) is 0 Å². The number of nitrogens with one attached hydrogen (secondary N) is 1. The third-order valence-electron chi connectivity index (χ3n) is 4.25. The molecule has 1 aliphatic rings. The molecule has 0 heterocycles. The molecule has 0 amide bonds. The van der Waals surface area contributed by atoms with Crippen LogP contribution in [0.25, 0.3) is 0 Å². The Hall–Kier alpha value is -1.10. The van der Waals surface area contributed by atoms with E-state index in [-0.39, 0.29) is 5.41 Å². The van der Waals surface area contributed by atoms with Gasteiger partial charge in [-0.15, -0.1) is 0 Å². The van der Waals surface area contributed by atoms with Gasteiger partial charge in [0, 0.05) is 25.1 Å². The lowest BCUT2D eigenvalue weighted by Crippen LogP contribution is -2.61. The third kappa shape index (κ3) is 3.51. The zero-order valence-corrected chi connectivity index (χ0v) is 12.5. The molecule has 1 fully saturated rings. The molecular weight excluding hydrogens is 254 g/mol. The van der Waals surface area contributed by atoms with Crippen molar-refractivity contribution >= 4 is 0 Å². The van der Waals surface area contributed by atoms with Crippen LogP contribution in [-0.4, -0.2) is 43.6 Å². The summed E-state index contributed by atoms with van der Waals surface area (Å²) < 4.78 is 10.9. The fourth-order valence-electron chi connectivity index (χ4n) is 2.68. The first-order valence-electron chi connectivity index (χ1n) is 7.16. The molecule has 3 unspecified atom stereocenters. The van der Waals surface area contributed by atoms with E-state index in [9.17, 15) is 5.11 Å². The van der Waals surface area contributed by atoms with Gasteiger partial charge in [-0.25, -0.2) is 0 Å². The lowest BCUT2D eigenvalue weighted by molar-refractivity contribution is -0.0996. The van der Waals surface area contributed by atoms with Crippen molar-refractivity contribution in [3.63, 3.8) is 0 Å². The van der Waals surface area contributed by atoms with Gasteiger partial charge in [0.1, 0.15) is 18.5 Å². The average molecular weight is 279 g/mol. The van der Waals surface area contributed by atoms with Gasteiger partial charge in [-0.2, -0.15) is 0 Å². The highest BCUT2D eigenvalue weighted by Crippen LogP contribution is 2.42. The summed E-state index contributed by atoms with van der Waals surface area (Å²) in [5, 5.41) is 13.4. The van der Waals surface area contributed by atoms with Crippen LogP contribution in [0, 0.1) is 5.41 Å². The largest absolute Gasteiger partial charge is 0.491 e. The first kappa shape index (κ1) is 15.3. The maximum Gasteiger partial charge on any atom is 0.119 e. The van der Waals surface area contributed by atoms with Crippen LogP contribution in [0.5, 0.6) is 5.75 Å². The van der Waals surface area contributed by atoms with E-state index in [1.165, 1.54) is 0 Å². The Morgan fingerprint density at radius 3 is 2.65 bits per heavy atom. The number of hydrogen-bond acceptors (Lipinski definition) is 4. The van der Waals surface area contributed by atoms with Gasteiger partial charge in [-0.05, 0) is 18.6 Å². The van der Waals surface area contributed by atoms with E-state index in [1.54, 1.807) is 7.11 Å². The molecule has 4 heteroatoms. The van der Waals surface area contributed by atoms with Gasteiger partial charge in [0.15, 0.2) is 0 Å². The number of aliphatic hydroxyl groups excluding tert-OH is 1. The number of methoxy groups -OCH3 is 1. The molecule has 4 nitrogen and oxygen atoms in total. The van der Waals surface area contributed by atoms with E-state index in [0.717, 1.165) is 12.2 Å². The summed E-state index contributed by atoms with van der Waals surface area (Å²) in [6, 6.07) is 9.94. The maximum absolute atomic E-state index is 9.95. The minimum absolute atomic E-state index is 0.120. The molecule has 0 bridgehead atoms. The summed E-state index contributed by atoms with van der Waals surface area (Å²) >= 11 is 0. The standard InChI is InChI=1S/C16H25NO3/c1-16(2)14(9-15(16)19-3)17-10-12(18)11-20-13-7-5-4-6-8-13/h4-8,12,14-15,17-18H,9-11H2,1-3H3. The summed E-state index contributed by atoms with van der Waals surface area (Å²) in [4.78, 5) is 0. The zero-order chi connectivity index (χ0) is 14.6. The van der Waals surface area contributed by atoms with E-state index in [4.69, 9.17) is 9.47 Å². The molecule has 0 saturated heterocycles. The Morgan fingerprint density at radius 1 is 1.35 bits per heavy atom. The fraction of sp³-hybridized carbons (Fsp3) is 0.625. The van der Waals surface area contributed by atoms with Crippen LogP contribution < -0.4 is 10.1 Å². The maximum atomic E-state index is 9.95. The highest BCUT2D eigenvalue weighted by molar-refractivity contribution is 5.20. The van der Waals surface area contributed by atoms with E-state index >= 15 is 0 Å². The van der Waals surface area contributed by atoms with E-state index < -0.39 is 6.10 Å². The Labute approximate surface area is 121 Å². The number of hydrogen-bond donors (Lipinski definition) is 2. The van der Waals surface area contributed by atoms with Crippen molar-refractivity contribution < 1.29 is 14.6 Å². The molecule has 0 spiro atoms. The van der Waals surface area contributed by atoms with Crippen molar-refractivity contribution in [2.45, 2.75) is 38.5 Å². The van der Waals surface area contributed by atoms with E-state index in [2.05, 4.69) is 19.2 Å². The number of aliphatic hydroxyl groups is 1. The van der Waals surface area contributed by atoms with Gasteiger partial charge < -0.3 is 19.9 Å². The van der Waals surface area contributed by atoms with Crippen molar-refractivity contribution in [1.29, 1.82) is 0 Å². The second-order valence-electron chi connectivity index (χ2n) is 6.02. The van der Waals surface area contributed by atoms with Crippen molar-refractivity contribution in [2.75, 3.05) is 20.3 Å². The van der Waals surface area contributed by atoms with Crippen LogP contribution in [0.15, 0.2) is 30.3 Å². The van der Waals surface area contributed by atoms with Gasteiger partial charge in [-0.3, -0.25) is 0 Å². The molecule has 1 aliphatic carbocycles. The Kier molecular flexibility index (Phi) is 5.02. The molecule has 0 radical (unpaired) electrons. The van der Waals surface area contributed by atoms with Crippen molar-refractivity contribution in [1.82, 2.24) is 5.32 Å². The van der Waals surface area contributed by atoms with Gasteiger partial charge >= 0.3 is 0 Å². The molecule has 1 aromatic carbocycles. The second kappa shape index (κ2) is 6.57. The monoisotopic (exact) mass is 279 g/mol. The Balaban J connectivity index is 1.67. The third-order valence-corrected chi connectivity index (χ3v) is 4.25. The molecule has 0 aliphatic heterocycles. The number of rotatable bonds is 7. The minimum Gasteiger partial charge on any atom is -0.491 e. The Morgan fingerprint density at radius 2 is 2.05 bits per heavy atom. The molecule has 0 aromatic heterocycles. The second-order valence-corrected chi connectivity index (χ2v) is 6.02. The summed E-state index contributed by atoms with van der Waals surface area (Å²) in [5.41, 5.74) is 0.120. The molecule has 2 N–H and O–H groups in total. The highest BCUT2D eigenvalue weighted by atomic mass is 16.5. The Bertz CT molecular complexity index is 407. The van der Waals surface area contributed by atoms with E-state index in [1.807, 2.05) is 30.3 Å². The van der Waals surface area contributed by atoms with Crippen molar-refractivity contribution in [3.05, 3.63) is 30.3 Å². The number of benzene rings is 1. The minimum atomic E-state index is -0.507. The summed E-state index contributed by atoms with van der Waals surface area (Å²) in [7, 11) is 1.76. The lowest BCUT2D eigenvalue weighted by Gasteiger charge is -2.51. The molecule has 112 valence electrons. The summed E-state index contributed by atoms with van der Waals surface area (Å²) in [6.07, 6.45) is 0.792. The lowest BCUT2D eigenvalue weighted by atomic mass is 9.64. The van der Waals surface area contributed by atoms with Gasteiger partial charge in [0.25, 0.3) is 0 Å². The quantitative estimate of drug-likeness (QED) is 0.799. The number of para-hydroxylation sites is 1. The molecule has 20 heavy (non-hydrogen) atoms. The normalized spacial score (nSPS) is 25.8. The highest BCUT2D eigenvalue weighted by Gasteiger charge is 2.48. The van der Waals surface area contributed by atoms with Crippen LogP contribution in [0.1, 0.15) is 20.3 Å². The molecule has 1 aromatic rings. The first-order chi connectivity index (χ1) is 9.54. The van der Waals surface area contributed by atoms with Crippen LogP contribution in [-0.2, 0) is 4.74 Å².